The molecule has 2 aromatic carbocycles. The van der Waals surface area contributed by atoms with E-state index in [9.17, 15) is 4.79 Å². The van der Waals surface area contributed by atoms with Crippen molar-refractivity contribution in [3.05, 3.63) is 70.2 Å². The van der Waals surface area contributed by atoms with E-state index in [4.69, 9.17) is 21.1 Å². The summed E-state index contributed by atoms with van der Waals surface area (Å²) < 4.78 is 10.3. The Kier molecular flexibility index (Phi) is 7.44. The van der Waals surface area contributed by atoms with E-state index in [-0.39, 0.29) is 12.1 Å². The van der Waals surface area contributed by atoms with Gasteiger partial charge in [-0.1, -0.05) is 42.8 Å². The summed E-state index contributed by atoms with van der Waals surface area (Å²) in [6.07, 6.45) is -0.0485. The van der Waals surface area contributed by atoms with Gasteiger partial charge < -0.3 is 14.8 Å². The molecule has 0 aliphatic rings. The first kappa shape index (κ1) is 19.4. The van der Waals surface area contributed by atoms with Crippen LogP contribution in [0.2, 0.25) is 5.02 Å². The summed E-state index contributed by atoms with van der Waals surface area (Å²) in [7, 11) is 3.08. The standard InChI is InChI=1S/C20H24ClNO3/c1-14(15-7-9-16(10-8-15)20(23)25-3)12-22-13-19(24-2)17-5-4-6-18(21)11-17/h4-11,14,19,22H,12-13H2,1-3H3. The Labute approximate surface area is 154 Å². The molecule has 1 N–H and O–H groups in total. The van der Waals surface area contributed by atoms with Gasteiger partial charge in [-0.25, -0.2) is 4.79 Å². The van der Waals surface area contributed by atoms with Crippen LogP contribution in [0.3, 0.4) is 0 Å². The average molecular weight is 362 g/mol. The van der Waals surface area contributed by atoms with Gasteiger partial charge in [0, 0.05) is 25.2 Å². The number of carbonyl (C=O) groups is 1. The van der Waals surface area contributed by atoms with E-state index in [2.05, 4.69) is 12.2 Å². The first-order valence-electron chi connectivity index (χ1n) is 8.22. The summed E-state index contributed by atoms with van der Waals surface area (Å²) in [6.45, 7) is 3.64. The van der Waals surface area contributed by atoms with Crippen LogP contribution in [0.1, 0.15) is 40.4 Å². The number of benzene rings is 2. The number of carbonyl (C=O) groups excluding carboxylic acids is 1. The predicted octanol–water partition coefficient (Wildman–Crippen LogP) is 4.21. The summed E-state index contributed by atoms with van der Waals surface area (Å²) >= 11 is 6.05. The van der Waals surface area contributed by atoms with E-state index in [1.165, 1.54) is 7.11 Å². The number of rotatable bonds is 8. The summed E-state index contributed by atoms with van der Waals surface area (Å²) in [6, 6.07) is 15.2. The van der Waals surface area contributed by atoms with Gasteiger partial charge in [0.15, 0.2) is 0 Å². The normalized spacial score (nSPS) is 13.3. The quantitative estimate of drug-likeness (QED) is 0.715. The van der Waals surface area contributed by atoms with Gasteiger partial charge in [-0.15, -0.1) is 0 Å². The molecule has 0 heterocycles. The summed E-state index contributed by atoms with van der Waals surface area (Å²) in [5, 5.41) is 4.15. The predicted molar refractivity (Wildman–Crippen MR) is 100 cm³/mol. The first-order valence-corrected chi connectivity index (χ1v) is 8.60. The van der Waals surface area contributed by atoms with Gasteiger partial charge in [0.2, 0.25) is 0 Å². The molecular formula is C20H24ClNO3. The minimum atomic E-state index is -0.318. The minimum absolute atomic E-state index is 0.0485. The first-order chi connectivity index (χ1) is 12.0. The molecule has 0 bridgehead atoms. The molecule has 134 valence electrons. The Hall–Kier alpha value is -1.88. The third kappa shape index (κ3) is 5.56. The maximum absolute atomic E-state index is 11.5. The van der Waals surface area contributed by atoms with Gasteiger partial charge in [-0.2, -0.15) is 0 Å². The van der Waals surface area contributed by atoms with E-state index in [0.29, 0.717) is 23.0 Å². The van der Waals surface area contributed by atoms with Crippen LogP contribution in [-0.2, 0) is 9.47 Å². The highest BCUT2D eigenvalue weighted by Crippen LogP contribution is 2.20. The van der Waals surface area contributed by atoms with E-state index in [1.807, 2.05) is 36.4 Å². The molecule has 0 aliphatic heterocycles. The highest BCUT2D eigenvalue weighted by Gasteiger charge is 2.12. The molecule has 0 amide bonds. The second-order valence-corrected chi connectivity index (χ2v) is 6.39. The van der Waals surface area contributed by atoms with E-state index < -0.39 is 0 Å². The van der Waals surface area contributed by atoms with Crippen molar-refractivity contribution < 1.29 is 14.3 Å². The summed E-state index contributed by atoms with van der Waals surface area (Å²) in [5.74, 6) is -0.00893. The Morgan fingerprint density at radius 3 is 2.40 bits per heavy atom. The molecule has 0 spiro atoms. The van der Waals surface area contributed by atoms with Crippen molar-refractivity contribution >= 4 is 17.6 Å². The lowest BCUT2D eigenvalue weighted by molar-refractivity contribution is 0.0600. The van der Waals surface area contributed by atoms with Crippen LogP contribution in [0.5, 0.6) is 0 Å². The molecule has 0 radical (unpaired) electrons. The minimum Gasteiger partial charge on any atom is -0.465 e. The SMILES string of the molecule is COC(=O)c1ccc(C(C)CNCC(OC)c2cccc(Cl)c2)cc1. The van der Waals surface area contributed by atoms with E-state index >= 15 is 0 Å². The molecule has 2 rings (SSSR count). The Bertz CT molecular complexity index is 688. The fraction of sp³-hybridized carbons (Fsp3) is 0.350. The monoisotopic (exact) mass is 361 g/mol. The van der Waals surface area contributed by atoms with Gasteiger partial charge >= 0.3 is 5.97 Å². The number of esters is 1. The molecule has 0 saturated carbocycles. The molecule has 0 saturated heterocycles. The van der Waals surface area contributed by atoms with Gasteiger partial charge in [-0.3, -0.25) is 0 Å². The zero-order chi connectivity index (χ0) is 18.2. The average Bonchev–Trinajstić information content (AvgIpc) is 2.64. The van der Waals surface area contributed by atoms with Gasteiger partial charge in [0.25, 0.3) is 0 Å². The number of nitrogens with one attached hydrogen (secondary N) is 1. The number of hydrogen-bond donors (Lipinski definition) is 1. The third-order valence-corrected chi connectivity index (χ3v) is 4.42. The second kappa shape index (κ2) is 9.56. The van der Waals surface area contributed by atoms with Crippen molar-refractivity contribution in [2.75, 3.05) is 27.3 Å². The maximum Gasteiger partial charge on any atom is 0.337 e. The molecule has 2 atom stereocenters. The zero-order valence-corrected chi connectivity index (χ0v) is 15.5. The topological polar surface area (TPSA) is 47.6 Å². The fourth-order valence-corrected chi connectivity index (χ4v) is 2.86. The lowest BCUT2D eigenvalue weighted by atomic mass is 9.99. The van der Waals surface area contributed by atoms with E-state index in [0.717, 1.165) is 17.7 Å². The van der Waals surface area contributed by atoms with Crippen LogP contribution in [0.25, 0.3) is 0 Å². The molecule has 5 heteroatoms. The van der Waals surface area contributed by atoms with Crippen molar-refractivity contribution in [3.8, 4) is 0 Å². The Balaban J connectivity index is 1.88. The van der Waals surface area contributed by atoms with Crippen LogP contribution < -0.4 is 5.32 Å². The molecule has 4 nitrogen and oxygen atoms in total. The number of ether oxygens (including phenoxy) is 2. The van der Waals surface area contributed by atoms with Crippen molar-refractivity contribution in [2.24, 2.45) is 0 Å². The second-order valence-electron chi connectivity index (χ2n) is 5.95. The summed E-state index contributed by atoms with van der Waals surface area (Å²) in [4.78, 5) is 11.5. The Morgan fingerprint density at radius 1 is 1.08 bits per heavy atom. The number of methoxy groups -OCH3 is 2. The summed E-state index contributed by atoms with van der Waals surface area (Å²) in [5.41, 5.74) is 2.78. The van der Waals surface area contributed by atoms with Crippen molar-refractivity contribution in [3.63, 3.8) is 0 Å². The molecule has 2 aromatic rings. The fourth-order valence-electron chi connectivity index (χ4n) is 2.66. The number of halogens is 1. The molecule has 0 fully saturated rings. The van der Waals surface area contributed by atoms with Crippen molar-refractivity contribution in [1.29, 1.82) is 0 Å². The lowest BCUT2D eigenvalue weighted by Gasteiger charge is -2.19. The van der Waals surface area contributed by atoms with Crippen molar-refractivity contribution in [2.45, 2.75) is 18.9 Å². The van der Waals surface area contributed by atoms with E-state index in [1.54, 1.807) is 19.2 Å². The molecule has 0 aromatic heterocycles. The number of hydrogen-bond acceptors (Lipinski definition) is 4. The maximum atomic E-state index is 11.5. The highest BCUT2D eigenvalue weighted by molar-refractivity contribution is 6.30. The third-order valence-electron chi connectivity index (χ3n) is 4.19. The lowest BCUT2D eigenvalue weighted by Crippen LogP contribution is -2.26. The van der Waals surface area contributed by atoms with Gasteiger partial charge in [-0.05, 0) is 41.3 Å². The molecule has 2 unspecified atom stereocenters. The van der Waals surface area contributed by atoms with Gasteiger partial charge in [0.1, 0.15) is 0 Å². The molecule has 0 aliphatic carbocycles. The van der Waals surface area contributed by atoms with Crippen LogP contribution in [0, 0.1) is 0 Å². The highest BCUT2D eigenvalue weighted by atomic mass is 35.5. The van der Waals surface area contributed by atoms with Crippen LogP contribution in [0.15, 0.2) is 48.5 Å². The van der Waals surface area contributed by atoms with Crippen molar-refractivity contribution in [1.82, 2.24) is 5.32 Å². The Morgan fingerprint density at radius 2 is 1.80 bits per heavy atom. The smallest absolute Gasteiger partial charge is 0.337 e. The van der Waals surface area contributed by atoms with Crippen LogP contribution in [0.4, 0.5) is 0 Å². The zero-order valence-electron chi connectivity index (χ0n) is 14.8. The van der Waals surface area contributed by atoms with Crippen LogP contribution >= 0.6 is 11.6 Å². The largest absolute Gasteiger partial charge is 0.465 e. The van der Waals surface area contributed by atoms with Crippen LogP contribution in [-0.4, -0.2) is 33.3 Å². The molecular weight excluding hydrogens is 338 g/mol. The molecule has 25 heavy (non-hydrogen) atoms. The van der Waals surface area contributed by atoms with Gasteiger partial charge in [0.05, 0.1) is 18.8 Å².